The predicted molar refractivity (Wildman–Crippen MR) is 116 cm³/mol. The molecule has 0 radical (unpaired) electrons. The number of amides is 2. The van der Waals surface area contributed by atoms with Crippen molar-refractivity contribution in [2.45, 2.75) is 102 Å². The van der Waals surface area contributed by atoms with Crippen LogP contribution in [-0.2, 0) is 0 Å². The lowest BCUT2D eigenvalue weighted by molar-refractivity contribution is -0.145. The number of nitrogens with zero attached hydrogens (tertiary/aromatic N) is 2. The molecule has 5 N–H and O–H groups in total. The smallest absolute Gasteiger partial charge is 0.317 e. The fourth-order valence-corrected chi connectivity index (χ4v) is 4.76. The van der Waals surface area contributed by atoms with Crippen molar-refractivity contribution < 1.29 is 25.2 Å². The van der Waals surface area contributed by atoms with Crippen LogP contribution in [0.15, 0.2) is 0 Å². The maximum absolute atomic E-state index is 12.6. The lowest BCUT2D eigenvalue weighted by Crippen LogP contribution is -2.62. The second-order valence-electron chi connectivity index (χ2n) is 8.92. The second kappa shape index (κ2) is 13.5. The highest BCUT2D eigenvalue weighted by Crippen LogP contribution is 2.23. The average molecular weight is 430 g/mol. The number of likely N-dealkylation sites (tertiary alicyclic amines) is 1. The van der Waals surface area contributed by atoms with Gasteiger partial charge in [-0.1, -0.05) is 39.0 Å². The topological polar surface area (TPSA) is 117 Å². The molecule has 0 bridgehead atoms. The van der Waals surface area contributed by atoms with Gasteiger partial charge in [0.1, 0.15) is 12.2 Å². The third kappa shape index (κ3) is 7.34. The highest BCUT2D eigenvalue weighted by atomic mass is 16.4. The van der Waals surface area contributed by atoms with Crippen LogP contribution in [0.2, 0.25) is 0 Å². The lowest BCUT2D eigenvalue weighted by Gasteiger charge is -2.43. The fourth-order valence-electron chi connectivity index (χ4n) is 4.76. The molecule has 1 saturated carbocycles. The first-order valence-corrected chi connectivity index (χ1v) is 11.9. The van der Waals surface area contributed by atoms with Crippen LogP contribution in [0.3, 0.4) is 0 Å². The van der Waals surface area contributed by atoms with E-state index in [-0.39, 0.29) is 19.2 Å². The van der Waals surface area contributed by atoms with Gasteiger partial charge in [0, 0.05) is 25.7 Å². The van der Waals surface area contributed by atoms with Gasteiger partial charge in [-0.3, -0.25) is 4.90 Å². The number of aliphatic hydroxyl groups excluding tert-OH is 4. The fraction of sp³-hybridized carbons (Fsp3) is 0.955. The Hall–Kier alpha value is -0.930. The van der Waals surface area contributed by atoms with Gasteiger partial charge in [0.15, 0.2) is 0 Å². The Morgan fingerprint density at radius 1 is 1.03 bits per heavy atom. The molecule has 2 aliphatic rings. The first-order chi connectivity index (χ1) is 14.5. The van der Waals surface area contributed by atoms with Crippen molar-refractivity contribution in [1.29, 1.82) is 0 Å². The zero-order chi connectivity index (χ0) is 21.9. The minimum absolute atomic E-state index is 0.0735. The summed E-state index contributed by atoms with van der Waals surface area (Å²) in [6.45, 7) is 4.25. The van der Waals surface area contributed by atoms with E-state index in [1.165, 1.54) is 19.3 Å². The summed E-state index contributed by atoms with van der Waals surface area (Å²) in [6, 6.07) is -0.0967. The summed E-state index contributed by atoms with van der Waals surface area (Å²) in [5, 5.41) is 42.3. The van der Waals surface area contributed by atoms with E-state index in [2.05, 4.69) is 17.1 Å². The molecule has 2 fully saturated rings. The van der Waals surface area contributed by atoms with Crippen LogP contribution in [0.5, 0.6) is 0 Å². The molecule has 4 atom stereocenters. The van der Waals surface area contributed by atoms with Crippen LogP contribution >= 0.6 is 0 Å². The molecule has 8 heteroatoms. The van der Waals surface area contributed by atoms with Crippen molar-refractivity contribution in [3.63, 3.8) is 0 Å². The molecule has 30 heavy (non-hydrogen) atoms. The van der Waals surface area contributed by atoms with Crippen LogP contribution in [0.4, 0.5) is 4.79 Å². The van der Waals surface area contributed by atoms with Crippen LogP contribution in [0.1, 0.15) is 71.1 Å². The average Bonchev–Trinajstić information content (AvgIpc) is 2.76. The number of piperidine rings is 1. The van der Waals surface area contributed by atoms with Gasteiger partial charge in [0.05, 0.1) is 18.8 Å². The van der Waals surface area contributed by atoms with Gasteiger partial charge in [0.25, 0.3) is 0 Å². The molecule has 4 unspecified atom stereocenters. The number of urea groups is 1. The molecule has 2 rings (SSSR count). The van der Waals surface area contributed by atoms with Crippen LogP contribution < -0.4 is 5.32 Å². The number of hydrogen-bond donors (Lipinski definition) is 5. The van der Waals surface area contributed by atoms with E-state index in [1.54, 1.807) is 0 Å². The van der Waals surface area contributed by atoms with Gasteiger partial charge in [-0.25, -0.2) is 4.79 Å². The van der Waals surface area contributed by atoms with Crippen LogP contribution in [-0.4, -0.2) is 99.4 Å². The standard InChI is InChI=1S/C22H43N3O5/c1-2-12-23-22(30)25(17-10-6-5-7-11-17)14-9-4-3-8-13-24-15-19(27)21(29)20(28)18(24)16-26/h17-21,26-29H,2-16H2,1H3,(H,23,30). The molecule has 8 nitrogen and oxygen atoms in total. The summed E-state index contributed by atoms with van der Waals surface area (Å²) in [5.41, 5.74) is 0. The SMILES string of the molecule is CCCNC(=O)N(CCCCCCN1CC(O)C(O)C(O)C1CO)C1CCCCC1. The Balaban J connectivity index is 1.71. The summed E-state index contributed by atoms with van der Waals surface area (Å²) < 4.78 is 0. The Kier molecular flexibility index (Phi) is 11.4. The maximum Gasteiger partial charge on any atom is 0.317 e. The normalized spacial score (nSPS) is 28.4. The number of carbonyl (C=O) groups excluding carboxylic acids is 1. The van der Waals surface area contributed by atoms with E-state index in [0.717, 1.165) is 58.0 Å². The third-order valence-corrected chi connectivity index (χ3v) is 6.61. The Labute approximate surface area is 181 Å². The Morgan fingerprint density at radius 2 is 1.73 bits per heavy atom. The maximum atomic E-state index is 12.6. The van der Waals surface area contributed by atoms with Gasteiger partial charge in [-0.05, 0) is 38.6 Å². The van der Waals surface area contributed by atoms with Crippen molar-refractivity contribution in [2.75, 3.05) is 32.8 Å². The number of aliphatic hydroxyl groups is 4. The summed E-state index contributed by atoms with van der Waals surface area (Å²) in [5.74, 6) is 0. The number of carbonyl (C=O) groups is 1. The zero-order valence-electron chi connectivity index (χ0n) is 18.6. The molecular weight excluding hydrogens is 386 g/mol. The van der Waals surface area contributed by atoms with Gasteiger partial charge in [0.2, 0.25) is 0 Å². The molecule has 0 aromatic heterocycles. The Bertz CT molecular complexity index is 489. The van der Waals surface area contributed by atoms with Crippen molar-refractivity contribution >= 4 is 6.03 Å². The highest BCUT2D eigenvalue weighted by molar-refractivity contribution is 5.74. The number of hydrogen-bond acceptors (Lipinski definition) is 6. The molecule has 0 aromatic rings. The van der Waals surface area contributed by atoms with E-state index in [0.29, 0.717) is 12.6 Å². The number of β-amino-alcohol motifs (C(OH)–C–C–N with tert-alkyl or cyclic N) is 1. The number of rotatable bonds is 11. The molecule has 0 aromatic carbocycles. The van der Waals surface area contributed by atoms with E-state index >= 15 is 0 Å². The molecule has 1 saturated heterocycles. The molecule has 0 spiro atoms. The van der Waals surface area contributed by atoms with E-state index in [1.807, 2.05) is 4.90 Å². The quantitative estimate of drug-likeness (QED) is 0.314. The predicted octanol–water partition coefficient (Wildman–Crippen LogP) is 1.06. The minimum atomic E-state index is -1.21. The lowest BCUT2D eigenvalue weighted by atomic mass is 9.93. The molecule has 1 heterocycles. The van der Waals surface area contributed by atoms with Crippen molar-refractivity contribution in [1.82, 2.24) is 15.1 Å². The van der Waals surface area contributed by atoms with Crippen LogP contribution in [0.25, 0.3) is 0 Å². The summed E-state index contributed by atoms with van der Waals surface area (Å²) in [7, 11) is 0. The number of unbranched alkanes of at least 4 members (excludes halogenated alkanes) is 3. The van der Waals surface area contributed by atoms with Gasteiger partial charge in [-0.2, -0.15) is 0 Å². The van der Waals surface area contributed by atoms with E-state index < -0.39 is 24.4 Å². The molecule has 2 amide bonds. The molecular formula is C22H43N3O5. The van der Waals surface area contributed by atoms with Crippen molar-refractivity contribution in [2.24, 2.45) is 0 Å². The van der Waals surface area contributed by atoms with Crippen molar-refractivity contribution in [3.05, 3.63) is 0 Å². The first-order valence-electron chi connectivity index (χ1n) is 11.9. The van der Waals surface area contributed by atoms with Gasteiger partial charge in [-0.15, -0.1) is 0 Å². The zero-order valence-corrected chi connectivity index (χ0v) is 18.6. The summed E-state index contributed by atoms with van der Waals surface area (Å²) in [6.07, 6.45) is 7.34. The summed E-state index contributed by atoms with van der Waals surface area (Å²) in [4.78, 5) is 16.5. The largest absolute Gasteiger partial charge is 0.395 e. The van der Waals surface area contributed by atoms with Crippen molar-refractivity contribution in [3.8, 4) is 0 Å². The van der Waals surface area contributed by atoms with Crippen LogP contribution in [0, 0.1) is 0 Å². The molecule has 1 aliphatic heterocycles. The third-order valence-electron chi connectivity index (χ3n) is 6.61. The molecule has 176 valence electrons. The molecule has 1 aliphatic carbocycles. The van der Waals surface area contributed by atoms with E-state index in [4.69, 9.17) is 0 Å². The second-order valence-corrected chi connectivity index (χ2v) is 8.92. The van der Waals surface area contributed by atoms with Gasteiger partial charge < -0.3 is 30.6 Å². The Morgan fingerprint density at radius 3 is 2.40 bits per heavy atom. The highest BCUT2D eigenvalue weighted by Gasteiger charge is 2.40. The monoisotopic (exact) mass is 429 g/mol. The van der Waals surface area contributed by atoms with E-state index in [9.17, 15) is 25.2 Å². The minimum Gasteiger partial charge on any atom is -0.395 e. The van der Waals surface area contributed by atoms with Gasteiger partial charge >= 0.3 is 6.03 Å². The first kappa shape index (κ1) is 25.3. The number of nitrogens with one attached hydrogen (secondary N) is 1. The summed E-state index contributed by atoms with van der Waals surface area (Å²) >= 11 is 0.